The van der Waals surface area contributed by atoms with Crippen LogP contribution < -0.4 is 0 Å². The maximum Gasteiger partial charge on any atom is 0.355 e. The summed E-state index contributed by atoms with van der Waals surface area (Å²) in [7, 11) is 0. The molecule has 2 aliphatic heterocycles. The van der Waals surface area contributed by atoms with E-state index in [9.17, 15) is 14.4 Å². The second-order valence-corrected chi connectivity index (χ2v) is 6.58. The molecule has 0 saturated heterocycles. The van der Waals surface area contributed by atoms with E-state index in [0.29, 0.717) is 5.57 Å². The summed E-state index contributed by atoms with van der Waals surface area (Å²) in [4.78, 5) is 41.6. The third-order valence-corrected chi connectivity index (χ3v) is 5.16. The van der Waals surface area contributed by atoms with Crippen LogP contribution in [0.25, 0.3) is 0 Å². The van der Waals surface area contributed by atoms with E-state index >= 15 is 0 Å². The summed E-state index contributed by atoms with van der Waals surface area (Å²) in [5, 5.41) is 0.948. The van der Waals surface area contributed by atoms with Gasteiger partial charge in [-0.1, -0.05) is 6.92 Å². The molecule has 0 saturated carbocycles. The Labute approximate surface area is 167 Å². The standard InChI is InChI=1S/C17H23NO6S.BrH/c1-4-17(16(21)23-6-3)11(10-25-12-8-7-9-18-12)13(15(20)24-17)14(19)22-5-2;/h4-10H2,1-3H3;1H. The molecular formula is C17H24BrNO6S. The van der Waals surface area contributed by atoms with Gasteiger partial charge in [-0.05, 0) is 33.1 Å². The summed E-state index contributed by atoms with van der Waals surface area (Å²) in [6, 6.07) is 0. The van der Waals surface area contributed by atoms with Crippen molar-refractivity contribution in [2.75, 3.05) is 25.5 Å². The largest absolute Gasteiger partial charge is 0.463 e. The number of rotatable bonds is 7. The first-order valence-electron chi connectivity index (χ1n) is 8.47. The fraction of sp³-hybridized carbons (Fsp3) is 0.647. The summed E-state index contributed by atoms with van der Waals surface area (Å²) in [5.74, 6) is -2.01. The summed E-state index contributed by atoms with van der Waals surface area (Å²) in [6.45, 7) is 6.10. The van der Waals surface area contributed by atoms with Crippen LogP contribution in [0.3, 0.4) is 0 Å². The number of cyclic esters (lactones) is 1. The van der Waals surface area contributed by atoms with E-state index in [1.807, 2.05) is 0 Å². The lowest BCUT2D eigenvalue weighted by Gasteiger charge is -2.27. The second-order valence-electron chi connectivity index (χ2n) is 5.53. The van der Waals surface area contributed by atoms with Gasteiger partial charge in [0.2, 0.25) is 5.60 Å². The van der Waals surface area contributed by atoms with Gasteiger partial charge in [0.1, 0.15) is 5.57 Å². The topological polar surface area (TPSA) is 91.3 Å². The van der Waals surface area contributed by atoms with Gasteiger partial charge in [-0.25, -0.2) is 14.4 Å². The Balaban J connectivity index is 0.00000338. The molecule has 7 nitrogen and oxygen atoms in total. The minimum atomic E-state index is -1.57. The van der Waals surface area contributed by atoms with Gasteiger partial charge in [0.25, 0.3) is 0 Å². The number of carbonyl (C=O) groups is 3. The highest BCUT2D eigenvalue weighted by Crippen LogP contribution is 2.40. The van der Waals surface area contributed by atoms with Crippen molar-refractivity contribution < 1.29 is 28.6 Å². The number of esters is 3. The van der Waals surface area contributed by atoms with Crippen molar-refractivity contribution in [3.63, 3.8) is 0 Å². The van der Waals surface area contributed by atoms with E-state index in [4.69, 9.17) is 14.2 Å². The van der Waals surface area contributed by atoms with Crippen LogP contribution in [0, 0.1) is 0 Å². The second kappa shape index (κ2) is 10.1. The van der Waals surface area contributed by atoms with Crippen LogP contribution in [0.15, 0.2) is 16.1 Å². The van der Waals surface area contributed by atoms with Crippen LogP contribution in [0.2, 0.25) is 0 Å². The summed E-state index contributed by atoms with van der Waals surface area (Å²) < 4.78 is 15.5. The number of hydrogen-bond donors (Lipinski definition) is 0. The molecule has 1 unspecified atom stereocenters. The fourth-order valence-corrected chi connectivity index (χ4v) is 3.98. The number of carbonyl (C=O) groups excluding carboxylic acids is 3. The molecule has 2 aliphatic rings. The number of hydrogen-bond acceptors (Lipinski definition) is 8. The maximum atomic E-state index is 12.6. The van der Waals surface area contributed by atoms with Gasteiger partial charge in [0, 0.05) is 17.9 Å². The molecule has 0 spiro atoms. The highest BCUT2D eigenvalue weighted by atomic mass is 79.9. The molecule has 0 fully saturated rings. The smallest absolute Gasteiger partial charge is 0.355 e. The van der Waals surface area contributed by atoms with Crippen molar-refractivity contribution in [1.29, 1.82) is 0 Å². The van der Waals surface area contributed by atoms with Gasteiger partial charge in [0.15, 0.2) is 0 Å². The first-order valence-corrected chi connectivity index (χ1v) is 9.46. The maximum absolute atomic E-state index is 12.6. The lowest BCUT2D eigenvalue weighted by atomic mass is 9.90. The van der Waals surface area contributed by atoms with E-state index in [0.717, 1.165) is 24.4 Å². The van der Waals surface area contributed by atoms with Crippen LogP contribution in [-0.4, -0.2) is 54.1 Å². The molecule has 26 heavy (non-hydrogen) atoms. The Morgan fingerprint density at radius 2 is 1.92 bits per heavy atom. The Bertz CT molecular complexity index is 633. The minimum absolute atomic E-state index is 0. The van der Waals surface area contributed by atoms with Gasteiger partial charge in [-0.2, -0.15) is 0 Å². The molecule has 0 amide bonds. The van der Waals surface area contributed by atoms with E-state index in [2.05, 4.69) is 4.99 Å². The summed E-state index contributed by atoms with van der Waals surface area (Å²) >= 11 is 1.42. The molecule has 2 heterocycles. The van der Waals surface area contributed by atoms with Crippen molar-refractivity contribution in [2.24, 2.45) is 4.99 Å². The predicted octanol–water partition coefficient (Wildman–Crippen LogP) is 2.62. The quantitative estimate of drug-likeness (QED) is 0.335. The molecule has 9 heteroatoms. The van der Waals surface area contributed by atoms with Crippen LogP contribution >= 0.6 is 28.7 Å². The number of nitrogens with zero attached hydrogens (tertiary/aromatic N) is 1. The zero-order chi connectivity index (χ0) is 18.4. The van der Waals surface area contributed by atoms with Crippen molar-refractivity contribution in [2.45, 2.75) is 45.6 Å². The Morgan fingerprint density at radius 3 is 2.46 bits per heavy atom. The van der Waals surface area contributed by atoms with Crippen LogP contribution in [0.4, 0.5) is 0 Å². The van der Waals surface area contributed by atoms with Gasteiger partial charge < -0.3 is 14.2 Å². The van der Waals surface area contributed by atoms with E-state index in [1.165, 1.54) is 11.8 Å². The van der Waals surface area contributed by atoms with E-state index < -0.39 is 23.5 Å². The zero-order valence-corrected chi connectivity index (χ0v) is 17.7. The number of ether oxygens (including phenoxy) is 3. The third kappa shape index (κ3) is 4.49. The highest BCUT2D eigenvalue weighted by molar-refractivity contribution is 8.93. The molecule has 0 aliphatic carbocycles. The number of thioether (sulfide) groups is 1. The molecular weight excluding hydrogens is 426 g/mol. The van der Waals surface area contributed by atoms with Gasteiger partial charge in [-0.15, -0.1) is 28.7 Å². The number of halogens is 1. The van der Waals surface area contributed by atoms with E-state index in [-0.39, 0.29) is 47.9 Å². The lowest BCUT2D eigenvalue weighted by Crippen LogP contribution is -2.43. The van der Waals surface area contributed by atoms with Crippen molar-refractivity contribution in [3.05, 3.63) is 11.1 Å². The van der Waals surface area contributed by atoms with Gasteiger partial charge in [0.05, 0.1) is 18.3 Å². The van der Waals surface area contributed by atoms with E-state index in [1.54, 1.807) is 20.8 Å². The predicted molar refractivity (Wildman–Crippen MR) is 104 cm³/mol. The SMILES string of the molecule is Br.CCOC(=O)C1=C(CSC2=NCCC2)C(CC)(C(=O)OCC)OC1=O. The van der Waals surface area contributed by atoms with Crippen LogP contribution in [0.5, 0.6) is 0 Å². The molecule has 146 valence electrons. The van der Waals surface area contributed by atoms with Gasteiger partial charge in [-0.3, -0.25) is 4.99 Å². The molecule has 0 bridgehead atoms. The fourth-order valence-electron chi connectivity index (χ4n) is 2.82. The highest BCUT2D eigenvalue weighted by Gasteiger charge is 2.55. The summed E-state index contributed by atoms with van der Waals surface area (Å²) in [5.41, 5.74) is -1.44. The van der Waals surface area contributed by atoms with Crippen molar-refractivity contribution in [3.8, 4) is 0 Å². The van der Waals surface area contributed by atoms with Crippen molar-refractivity contribution >= 4 is 51.7 Å². The lowest BCUT2D eigenvalue weighted by molar-refractivity contribution is -0.172. The monoisotopic (exact) mass is 449 g/mol. The normalized spacial score (nSPS) is 21.8. The molecule has 2 rings (SSSR count). The first-order chi connectivity index (χ1) is 12.0. The summed E-state index contributed by atoms with van der Waals surface area (Å²) in [6.07, 6.45) is 2.03. The Hall–Kier alpha value is -1.35. The third-order valence-electron chi connectivity index (χ3n) is 4.06. The molecule has 0 aromatic rings. The average Bonchev–Trinajstić information content (AvgIpc) is 3.19. The molecule has 0 N–H and O–H groups in total. The zero-order valence-electron chi connectivity index (χ0n) is 15.2. The minimum Gasteiger partial charge on any atom is -0.463 e. The molecule has 0 aromatic heterocycles. The average molecular weight is 450 g/mol. The Morgan fingerprint density at radius 1 is 1.23 bits per heavy atom. The molecule has 0 radical (unpaired) electrons. The van der Waals surface area contributed by atoms with Crippen LogP contribution in [0.1, 0.15) is 40.0 Å². The van der Waals surface area contributed by atoms with Crippen molar-refractivity contribution in [1.82, 2.24) is 0 Å². The van der Waals surface area contributed by atoms with Gasteiger partial charge >= 0.3 is 17.9 Å². The first kappa shape index (κ1) is 22.7. The molecule has 1 atom stereocenters. The molecule has 0 aromatic carbocycles. The van der Waals surface area contributed by atoms with Crippen LogP contribution in [-0.2, 0) is 28.6 Å². The Kier molecular flexibility index (Phi) is 8.82. The number of aliphatic imine (C=N–C) groups is 1.